The van der Waals surface area contributed by atoms with Crippen LogP contribution in [0.5, 0.6) is 0 Å². The van der Waals surface area contributed by atoms with E-state index in [-0.39, 0.29) is 0 Å². The molecule has 0 aliphatic carbocycles. The van der Waals surface area contributed by atoms with Gasteiger partial charge in [0, 0.05) is 12.1 Å². The third kappa shape index (κ3) is 2.11. The van der Waals surface area contributed by atoms with Gasteiger partial charge in [-0.1, -0.05) is 18.2 Å². The Morgan fingerprint density at radius 2 is 2.00 bits per heavy atom. The summed E-state index contributed by atoms with van der Waals surface area (Å²) in [6.07, 6.45) is 0.645. The smallest absolute Gasteiger partial charge is 0.199 e. The topological polar surface area (TPSA) is 52.0 Å². The number of aromatic nitrogens is 1. The van der Waals surface area contributed by atoms with Crippen LogP contribution in [0, 0.1) is 0 Å². The van der Waals surface area contributed by atoms with Crippen molar-refractivity contribution in [1.82, 2.24) is 4.98 Å². The molecule has 2 N–H and O–H groups in total. The molecular formula is C14H11BrN2O. The second-order valence-electron chi connectivity index (χ2n) is 4.12. The second kappa shape index (κ2) is 4.46. The van der Waals surface area contributed by atoms with E-state index in [1.807, 2.05) is 42.5 Å². The molecule has 0 amide bonds. The van der Waals surface area contributed by atoms with Gasteiger partial charge in [0.2, 0.25) is 0 Å². The zero-order chi connectivity index (χ0) is 12.5. The van der Waals surface area contributed by atoms with Gasteiger partial charge in [-0.15, -0.1) is 0 Å². The van der Waals surface area contributed by atoms with Gasteiger partial charge < -0.3 is 10.2 Å². The summed E-state index contributed by atoms with van der Waals surface area (Å²) in [4.78, 5) is 4.46. The Balaban J connectivity index is 1.98. The summed E-state index contributed by atoms with van der Waals surface area (Å²) in [5.41, 5.74) is 9.25. The van der Waals surface area contributed by atoms with Gasteiger partial charge in [-0.3, -0.25) is 0 Å². The zero-order valence-corrected chi connectivity index (χ0v) is 11.1. The number of hydrogen-bond acceptors (Lipinski definition) is 3. The number of hydrogen-bond donors (Lipinski definition) is 1. The monoisotopic (exact) mass is 302 g/mol. The fraction of sp³-hybridized carbons (Fsp3) is 0.0714. The molecule has 1 heterocycles. The predicted molar refractivity (Wildman–Crippen MR) is 75.4 cm³/mol. The molecule has 1 aromatic heterocycles. The minimum atomic E-state index is 0.645. The molecule has 4 heteroatoms. The minimum Gasteiger partial charge on any atom is -0.439 e. The van der Waals surface area contributed by atoms with Crippen molar-refractivity contribution in [2.75, 3.05) is 5.73 Å². The number of halogens is 1. The van der Waals surface area contributed by atoms with Gasteiger partial charge in [-0.2, -0.15) is 0 Å². The number of anilines is 1. The highest BCUT2D eigenvalue weighted by molar-refractivity contribution is 9.10. The lowest BCUT2D eigenvalue weighted by atomic mass is 10.1. The highest BCUT2D eigenvalue weighted by Crippen LogP contribution is 2.25. The Kier molecular flexibility index (Phi) is 2.80. The summed E-state index contributed by atoms with van der Waals surface area (Å²) in [5, 5.41) is 0. The van der Waals surface area contributed by atoms with Crippen molar-refractivity contribution in [2.45, 2.75) is 6.42 Å². The first-order valence-corrected chi connectivity index (χ1v) is 6.40. The zero-order valence-electron chi connectivity index (χ0n) is 9.56. The molecule has 0 aliphatic rings. The summed E-state index contributed by atoms with van der Waals surface area (Å²) in [6.45, 7) is 0. The number of para-hydroxylation sites is 1. The van der Waals surface area contributed by atoms with Gasteiger partial charge in [0.15, 0.2) is 11.5 Å². The third-order valence-corrected chi connectivity index (χ3v) is 3.34. The number of benzene rings is 2. The van der Waals surface area contributed by atoms with E-state index in [1.165, 1.54) is 0 Å². The maximum Gasteiger partial charge on any atom is 0.199 e. The molecule has 0 unspecified atom stereocenters. The highest BCUT2D eigenvalue weighted by Gasteiger charge is 2.08. The highest BCUT2D eigenvalue weighted by atomic mass is 79.9. The lowest BCUT2D eigenvalue weighted by Gasteiger charge is -1.98. The quantitative estimate of drug-likeness (QED) is 0.733. The summed E-state index contributed by atoms with van der Waals surface area (Å²) in [6, 6.07) is 13.6. The van der Waals surface area contributed by atoms with Crippen molar-refractivity contribution < 1.29 is 4.42 Å². The van der Waals surface area contributed by atoms with Crippen molar-refractivity contribution in [2.24, 2.45) is 0 Å². The summed E-state index contributed by atoms with van der Waals surface area (Å²) < 4.78 is 6.67. The van der Waals surface area contributed by atoms with Crippen LogP contribution >= 0.6 is 15.9 Å². The molecule has 0 aliphatic heterocycles. The molecular weight excluding hydrogens is 292 g/mol. The van der Waals surface area contributed by atoms with Gasteiger partial charge in [0.05, 0.1) is 4.47 Å². The summed E-state index contributed by atoms with van der Waals surface area (Å²) in [5.74, 6) is 0.697. The molecule has 0 saturated heterocycles. The van der Waals surface area contributed by atoms with Crippen LogP contribution in [-0.2, 0) is 6.42 Å². The first-order chi connectivity index (χ1) is 8.72. The maximum atomic E-state index is 5.75. The first-order valence-electron chi connectivity index (χ1n) is 5.61. The number of rotatable bonds is 2. The third-order valence-electron chi connectivity index (χ3n) is 2.72. The van der Waals surface area contributed by atoms with Gasteiger partial charge in [0.25, 0.3) is 0 Å². The predicted octanol–water partition coefficient (Wildman–Crippen LogP) is 3.76. The Labute approximate surface area is 113 Å². The van der Waals surface area contributed by atoms with E-state index in [0.717, 1.165) is 26.8 Å². The Morgan fingerprint density at radius 3 is 2.78 bits per heavy atom. The fourth-order valence-corrected chi connectivity index (χ4v) is 2.35. The lowest BCUT2D eigenvalue weighted by molar-refractivity contribution is 0.543. The van der Waals surface area contributed by atoms with Crippen LogP contribution in [0.2, 0.25) is 0 Å². The average Bonchev–Trinajstić information content (AvgIpc) is 2.73. The standard InChI is InChI=1S/C14H11BrN2O/c15-11-5-2-6-12-14(11)18-13(17-12)8-9-3-1-4-10(16)7-9/h1-7H,8,16H2. The SMILES string of the molecule is Nc1cccc(Cc2nc3cccc(Br)c3o2)c1. The molecule has 18 heavy (non-hydrogen) atoms. The summed E-state index contributed by atoms with van der Waals surface area (Å²) in [7, 11) is 0. The number of nitrogens with zero attached hydrogens (tertiary/aromatic N) is 1. The molecule has 3 rings (SSSR count). The number of oxazole rings is 1. The van der Waals surface area contributed by atoms with Crippen LogP contribution in [0.4, 0.5) is 5.69 Å². The number of fused-ring (bicyclic) bond motifs is 1. The van der Waals surface area contributed by atoms with E-state index in [4.69, 9.17) is 10.2 Å². The van der Waals surface area contributed by atoms with Gasteiger partial charge in [-0.05, 0) is 45.8 Å². The van der Waals surface area contributed by atoms with Crippen molar-refractivity contribution in [3.05, 3.63) is 58.4 Å². The molecule has 0 spiro atoms. The fourth-order valence-electron chi connectivity index (χ4n) is 1.91. The van der Waals surface area contributed by atoms with E-state index >= 15 is 0 Å². The van der Waals surface area contributed by atoms with Crippen molar-refractivity contribution >= 4 is 32.7 Å². The van der Waals surface area contributed by atoms with Gasteiger partial charge in [0.1, 0.15) is 5.52 Å². The van der Waals surface area contributed by atoms with Crippen molar-refractivity contribution in [1.29, 1.82) is 0 Å². The second-order valence-corrected chi connectivity index (χ2v) is 4.97. The molecule has 0 radical (unpaired) electrons. The van der Waals surface area contributed by atoms with Crippen LogP contribution in [0.1, 0.15) is 11.5 Å². The van der Waals surface area contributed by atoms with E-state index in [9.17, 15) is 0 Å². The van der Waals surface area contributed by atoms with E-state index in [1.54, 1.807) is 0 Å². The first kappa shape index (κ1) is 11.3. The largest absolute Gasteiger partial charge is 0.439 e. The molecule has 0 bridgehead atoms. The Hall–Kier alpha value is -1.81. The summed E-state index contributed by atoms with van der Waals surface area (Å²) >= 11 is 3.45. The van der Waals surface area contributed by atoms with Crippen molar-refractivity contribution in [3.8, 4) is 0 Å². The molecule has 0 atom stereocenters. The van der Waals surface area contributed by atoms with Crippen LogP contribution < -0.4 is 5.73 Å². The molecule has 0 saturated carbocycles. The van der Waals surface area contributed by atoms with E-state index in [0.29, 0.717) is 12.3 Å². The Bertz CT molecular complexity index is 706. The van der Waals surface area contributed by atoms with E-state index in [2.05, 4.69) is 20.9 Å². The molecule has 3 nitrogen and oxygen atoms in total. The number of nitrogen functional groups attached to an aromatic ring is 1. The van der Waals surface area contributed by atoms with Gasteiger partial charge in [-0.25, -0.2) is 4.98 Å². The normalized spacial score (nSPS) is 10.9. The van der Waals surface area contributed by atoms with Crippen LogP contribution in [0.3, 0.4) is 0 Å². The van der Waals surface area contributed by atoms with Crippen molar-refractivity contribution in [3.63, 3.8) is 0 Å². The van der Waals surface area contributed by atoms with Crippen LogP contribution in [0.25, 0.3) is 11.1 Å². The minimum absolute atomic E-state index is 0.645. The average molecular weight is 303 g/mol. The molecule has 90 valence electrons. The van der Waals surface area contributed by atoms with Crippen LogP contribution in [0.15, 0.2) is 51.4 Å². The molecule has 2 aromatic carbocycles. The maximum absolute atomic E-state index is 5.75. The van der Waals surface area contributed by atoms with Gasteiger partial charge >= 0.3 is 0 Å². The molecule has 3 aromatic rings. The Morgan fingerprint density at radius 1 is 1.17 bits per heavy atom. The lowest BCUT2D eigenvalue weighted by Crippen LogP contribution is -1.90. The van der Waals surface area contributed by atoms with E-state index < -0.39 is 0 Å². The number of nitrogens with two attached hydrogens (primary N) is 1. The molecule has 0 fully saturated rings. The van der Waals surface area contributed by atoms with Crippen LogP contribution in [-0.4, -0.2) is 4.98 Å².